The molecule has 0 unspecified atom stereocenters. The van der Waals surface area contributed by atoms with Gasteiger partial charge in [0.05, 0.1) is 4.90 Å². The van der Waals surface area contributed by atoms with E-state index < -0.39 is 10.0 Å². The molecule has 0 spiro atoms. The second-order valence-corrected chi connectivity index (χ2v) is 6.86. The van der Waals surface area contributed by atoms with Crippen LogP contribution in [0.25, 0.3) is 10.8 Å². The monoisotopic (exact) mass is 261 g/mol. The highest BCUT2D eigenvalue weighted by atomic mass is 32.2. The minimum atomic E-state index is -3.40. The zero-order valence-electron chi connectivity index (χ0n) is 10.2. The first-order valence-corrected chi connectivity index (χ1v) is 7.50. The maximum Gasteiger partial charge on any atom is 0.241 e. The first-order chi connectivity index (χ1) is 8.49. The van der Waals surface area contributed by atoms with E-state index in [-0.39, 0.29) is 5.54 Å². The number of sulfonamides is 1. The van der Waals surface area contributed by atoms with Crippen molar-refractivity contribution in [2.45, 2.75) is 30.2 Å². The van der Waals surface area contributed by atoms with Crippen molar-refractivity contribution in [1.82, 2.24) is 4.72 Å². The molecule has 4 heteroatoms. The molecule has 3 rings (SSSR count). The summed E-state index contributed by atoms with van der Waals surface area (Å²) in [4.78, 5) is 0.342. The van der Waals surface area contributed by atoms with E-state index in [2.05, 4.69) is 4.72 Å². The SMILES string of the molecule is CC1(NS(=O)(=O)c2ccc3ccccc3c2)CC1. The van der Waals surface area contributed by atoms with Crippen LogP contribution in [0, 0.1) is 0 Å². The van der Waals surface area contributed by atoms with Gasteiger partial charge in [-0.25, -0.2) is 13.1 Å². The fourth-order valence-corrected chi connectivity index (χ4v) is 3.51. The highest BCUT2D eigenvalue weighted by Gasteiger charge is 2.41. The van der Waals surface area contributed by atoms with E-state index in [1.165, 1.54) is 0 Å². The summed E-state index contributed by atoms with van der Waals surface area (Å²) in [5.74, 6) is 0. The first-order valence-electron chi connectivity index (χ1n) is 6.01. The minimum Gasteiger partial charge on any atom is -0.207 e. The topological polar surface area (TPSA) is 46.2 Å². The van der Waals surface area contributed by atoms with Crippen LogP contribution in [0.5, 0.6) is 0 Å². The molecule has 94 valence electrons. The van der Waals surface area contributed by atoms with Crippen molar-refractivity contribution >= 4 is 20.8 Å². The smallest absolute Gasteiger partial charge is 0.207 e. The molecule has 0 aliphatic heterocycles. The average molecular weight is 261 g/mol. The van der Waals surface area contributed by atoms with Crippen molar-refractivity contribution in [3.05, 3.63) is 42.5 Å². The van der Waals surface area contributed by atoms with Gasteiger partial charge in [0.2, 0.25) is 10.0 Å². The van der Waals surface area contributed by atoms with E-state index >= 15 is 0 Å². The predicted octanol–water partition coefficient (Wildman–Crippen LogP) is 2.67. The van der Waals surface area contributed by atoms with Crippen LogP contribution in [0.3, 0.4) is 0 Å². The molecule has 0 bridgehead atoms. The number of benzene rings is 2. The molecule has 0 saturated heterocycles. The summed E-state index contributed by atoms with van der Waals surface area (Å²) in [5.41, 5.74) is -0.232. The lowest BCUT2D eigenvalue weighted by atomic mass is 10.1. The molecule has 0 heterocycles. The van der Waals surface area contributed by atoms with Gasteiger partial charge in [-0.2, -0.15) is 0 Å². The van der Waals surface area contributed by atoms with Crippen molar-refractivity contribution in [3.8, 4) is 0 Å². The molecular formula is C14H15NO2S. The third-order valence-electron chi connectivity index (χ3n) is 3.41. The largest absolute Gasteiger partial charge is 0.241 e. The van der Waals surface area contributed by atoms with Gasteiger partial charge in [0, 0.05) is 5.54 Å². The van der Waals surface area contributed by atoms with E-state index in [0.717, 1.165) is 23.6 Å². The van der Waals surface area contributed by atoms with E-state index in [1.807, 2.05) is 37.3 Å². The van der Waals surface area contributed by atoms with Crippen molar-refractivity contribution in [1.29, 1.82) is 0 Å². The fraction of sp³-hybridized carbons (Fsp3) is 0.286. The van der Waals surface area contributed by atoms with E-state index in [4.69, 9.17) is 0 Å². The van der Waals surface area contributed by atoms with Crippen LogP contribution < -0.4 is 4.72 Å². The standard InChI is InChI=1S/C14H15NO2S/c1-14(8-9-14)15-18(16,17)13-7-6-11-4-2-3-5-12(11)10-13/h2-7,10,15H,8-9H2,1H3. The Balaban J connectivity index is 2.03. The number of hydrogen-bond acceptors (Lipinski definition) is 2. The Hall–Kier alpha value is -1.39. The highest BCUT2D eigenvalue weighted by molar-refractivity contribution is 7.89. The van der Waals surface area contributed by atoms with Crippen molar-refractivity contribution in [2.24, 2.45) is 0 Å². The Kier molecular flexibility index (Phi) is 2.47. The van der Waals surface area contributed by atoms with Gasteiger partial charge < -0.3 is 0 Å². The number of nitrogens with one attached hydrogen (secondary N) is 1. The third-order valence-corrected chi connectivity index (χ3v) is 5.05. The molecule has 0 radical (unpaired) electrons. The lowest BCUT2D eigenvalue weighted by Crippen LogP contribution is -2.34. The average Bonchev–Trinajstić information content (AvgIpc) is 3.05. The Morgan fingerprint density at radius 2 is 1.72 bits per heavy atom. The predicted molar refractivity (Wildman–Crippen MR) is 71.9 cm³/mol. The van der Waals surface area contributed by atoms with Crippen LogP contribution >= 0.6 is 0 Å². The summed E-state index contributed by atoms with van der Waals surface area (Å²) in [5, 5.41) is 2.00. The van der Waals surface area contributed by atoms with Gasteiger partial charge in [0.25, 0.3) is 0 Å². The van der Waals surface area contributed by atoms with Gasteiger partial charge in [-0.3, -0.25) is 0 Å². The second-order valence-electron chi connectivity index (χ2n) is 5.18. The fourth-order valence-electron chi connectivity index (χ4n) is 2.01. The molecule has 1 aliphatic rings. The van der Waals surface area contributed by atoms with Gasteiger partial charge in [-0.15, -0.1) is 0 Å². The zero-order chi connectivity index (χ0) is 12.8. The third kappa shape index (κ3) is 2.13. The van der Waals surface area contributed by atoms with Crippen molar-refractivity contribution in [3.63, 3.8) is 0 Å². The van der Waals surface area contributed by atoms with Crippen LogP contribution in [0.1, 0.15) is 19.8 Å². The molecular weight excluding hydrogens is 246 g/mol. The summed E-state index contributed by atoms with van der Waals surface area (Å²) < 4.78 is 27.2. The molecule has 0 atom stereocenters. The number of rotatable bonds is 3. The second kappa shape index (κ2) is 3.80. The van der Waals surface area contributed by atoms with Gasteiger partial charge in [0.1, 0.15) is 0 Å². The van der Waals surface area contributed by atoms with Crippen LogP contribution in [-0.2, 0) is 10.0 Å². The Bertz CT molecular complexity index is 703. The Morgan fingerprint density at radius 1 is 1.06 bits per heavy atom. The molecule has 0 aromatic heterocycles. The summed E-state index contributed by atoms with van der Waals surface area (Å²) in [7, 11) is -3.40. The van der Waals surface area contributed by atoms with E-state index in [0.29, 0.717) is 4.90 Å². The summed E-state index contributed by atoms with van der Waals surface area (Å²) >= 11 is 0. The summed E-state index contributed by atoms with van der Waals surface area (Å²) in [6.45, 7) is 1.94. The van der Waals surface area contributed by atoms with Gasteiger partial charge in [-0.05, 0) is 42.7 Å². The summed E-state index contributed by atoms with van der Waals surface area (Å²) in [6.07, 6.45) is 1.83. The lowest BCUT2D eigenvalue weighted by molar-refractivity contribution is 0.558. The highest BCUT2D eigenvalue weighted by Crippen LogP contribution is 2.36. The Morgan fingerprint density at radius 3 is 2.39 bits per heavy atom. The van der Waals surface area contributed by atoms with Crippen molar-refractivity contribution < 1.29 is 8.42 Å². The molecule has 1 N–H and O–H groups in total. The number of fused-ring (bicyclic) bond motifs is 1. The van der Waals surface area contributed by atoms with Gasteiger partial charge in [-0.1, -0.05) is 30.3 Å². The van der Waals surface area contributed by atoms with Crippen LogP contribution in [0.2, 0.25) is 0 Å². The summed E-state index contributed by atoms with van der Waals surface area (Å²) in [6, 6.07) is 13.0. The molecule has 0 amide bonds. The molecule has 1 saturated carbocycles. The molecule has 18 heavy (non-hydrogen) atoms. The number of hydrogen-bond donors (Lipinski definition) is 1. The molecule has 1 aliphatic carbocycles. The van der Waals surface area contributed by atoms with Crippen LogP contribution in [-0.4, -0.2) is 14.0 Å². The first kappa shape index (κ1) is 11.7. The quantitative estimate of drug-likeness (QED) is 0.923. The Labute approximate surface area is 107 Å². The molecule has 1 fully saturated rings. The molecule has 2 aromatic carbocycles. The van der Waals surface area contributed by atoms with E-state index in [1.54, 1.807) is 12.1 Å². The van der Waals surface area contributed by atoms with Gasteiger partial charge >= 0.3 is 0 Å². The van der Waals surface area contributed by atoms with Gasteiger partial charge in [0.15, 0.2) is 0 Å². The molecule has 3 nitrogen and oxygen atoms in total. The molecule has 2 aromatic rings. The lowest BCUT2D eigenvalue weighted by Gasteiger charge is -2.12. The zero-order valence-corrected chi connectivity index (χ0v) is 11.0. The van der Waals surface area contributed by atoms with E-state index in [9.17, 15) is 8.42 Å². The van der Waals surface area contributed by atoms with Crippen LogP contribution in [0.4, 0.5) is 0 Å². The van der Waals surface area contributed by atoms with Crippen molar-refractivity contribution in [2.75, 3.05) is 0 Å². The normalized spacial score (nSPS) is 17.8. The maximum absolute atomic E-state index is 12.2. The minimum absolute atomic E-state index is 0.232. The van der Waals surface area contributed by atoms with Crippen LogP contribution in [0.15, 0.2) is 47.4 Å². The maximum atomic E-state index is 12.2.